The van der Waals surface area contributed by atoms with Gasteiger partial charge in [-0.2, -0.15) is 9.37 Å². The Kier molecular flexibility index (Phi) is 5.91. The minimum absolute atomic E-state index is 0.0820. The molecule has 0 saturated carbocycles. The van der Waals surface area contributed by atoms with E-state index in [1.165, 1.54) is 18.9 Å². The van der Waals surface area contributed by atoms with Crippen molar-refractivity contribution < 1.29 is 13.9 Å². The maximum atomic E-state index is 14.3. The van der Waals surface area contributed by atoms with E-state index in [-0.39, 0.29) is 23.4 Å². The molecule has 1 N–H and O–H groups in total. The highest BCUT2D eigenvalue weighted by Gasteiger charge is 2.51. The van der Waals surface area contributed by atoms with Crippen molar-refractivity contribution in [2.75, 3.05) is 30.9 Å². The van der Waals surface area contributed by atoms with Crippen LogP contribution in [0.1, 0.15) is 21.6 Å². The van der Waals surface area contributed by atoms with E-state index in [0.717, 1.165) is 11.3 Å². The SMILES string of the molecule is COc1nc(N2C[C@H]3CSC(NC(=O)c4ccccc4)=N[C@@]3(c3cccnc3)C2)nc(C)c1F. The summed E-state index contributed by atoms with van der Waals surface area (Å²) >= 11 is 1.51. The number of amidine groups is 1. The number of amides is 1. The predicted molar refractivity (Wildman–Crippen MR) is 129 cm³/mol. The minimum Gasteiger partial charge on any atom is -0.479 e. The molecule has 2 atom stereocenters. The van der Waals surface area contributed by atoms with Crippen molar-refractivity contribution in [1.82, 2.24) is 20.3 Å². The van der Waals surface area contributed by atoms with E-state index < -0.39 is 11.4 Å². The van der Waals surface area contributed by atoms with Gasteiger partial charge >= 0.3 is 0 Å². The van der Waals surface area contributed by atoms with Crippen LogP contribution in [0.5, 0.6) is 5.88 Å². The highest BCUT2D eigenvalue weighted by molar-refractivity contribution is 8.13. The zero-order chi connectivity index (χ0) is 23.7. The number of aliphatic imine (C=N–C) groups is 1. The molecule has 0 radical (unpaired) electrons. The van der Waals surface area contributed by atoms with E-state index in [2.05, 4.69) is 20.3 Å². The number of ether oxygens (including phenoxy) is 1. The summed E-state index contributed by atoms with van der Waals surface area (Å²) in [6.07, 6.45) is 3.53. The molecule has 2 aromatic heterocycles. The molecule has 10 heteroatoms. The van der Waals surface area contributed by atoms with Crippen LogP contribution in [0.2, 0.25) is 0 Å². The van der Waals surface area contributed by atoms with Gasteiger partial charge in [0.2, 0.25) is 11.8 Å². The number of rotatable bonds is 4. The molecule has 0 aliphatic carbocycles. The Morgan fingerprint density at radius 1 is 1.24 bits per heavy atom. The molecule has 3 aromatic rings. The monoisotopic (exact) mass is 478 g/mol. The third-order valence-corrected chi connectivity index (χ3v) is 7.17. The van der Waals surface area contributed by atoms with Crippen molar-refractivity contribution >= 4 is 28.8 Å². The lowest BCUT2D eigenvalue weighted by molar-refractivity contribution is 0.0977. The van der Waals surface area contributed by atoms with Crippen molar-refractivity contribution in [3.63, 3.8) is 0 Å². The van der Waals surface area contributed by atoms with Crippen LogP contribution in [0.15, 0.2) is 59.9 Å². The summed E-state index contributed by atoms with van der Waals surface area (Å²) in [6.45, 7) is 2.68. The number of carbonyl (C=O) groups is 1. The normalized spacial score (nSPS) is 21.6. The third kappa shape index (κ3) is 3.98. The molecule has 2 aliphatic heterocycles. The van der Waals surface area contributed by atoms with Crippen LogP contribution in [-0.4, -0.2) is 52.0 Å². The highest BCUT2D eigenvalue weighted by Crippen LogP contribution is 2.46. The van der Waals surface area contributed by atoms with Crippen LogP contribution in [0.25, 0.3) is 0 Å². The first-order valence-corrected chi connectivity index (χ1v) is 11.8. The lowest BCUT2D eigenvalue weighted by atomic mass is 9.83. The largest absolute Gasteiger partial charge is 0.479 e. The quantitative estimate of drug-likeness (QED) is 0.616. The molecule has 4 heterocycles. The molecule has 0 spiro atoms. The summed E-state index contributed by atoms with van der Waals surface area (Å²) in [5.41, 5.74) is 1.08. The number of nitrogens with one attached hydrogen (secondary N) is 1. The van der Waals surface area contributed by atoms with Gasteiger partial charge in [0.25, 0.3) is 11.8 Å². The van der Waals surface area contributed by atoms with Crippen molar-refractivity contribution in [2.24, 2.45) is 10.9 Å². The zero-order valence-corrected chi connectivity index (χ0v) is 19.6. The summed E-state index contributed by atoms with van der Waals surface area (Å²) in [5, 5.41) is 3.53. The van der Waals surface area contributed by atoms with Crippen LogP contribution >= 0.6 is 11.8 Å². The number of hydrogen-bond donors (Lipinski definition) is 1. The number of aryl methyl sites for hydroxylation is 1. The Morgan fingerprint density at radius 3 is 2.79 bits per heavy atom. The van der Waals surface area contributed by atoms with Crippen LogP contribution in [0, 0.1) is 18.7 Å². The minimum atomic E-state index is -0.655. The Bertz CT molecular complexity index is 1240. The molecule has 0 unspecified atom stereocenters. The molecular formula is C24H23FN6O2S. The molecule has 8 nitrogen and oxygen atoms in total. The second-order valence-corrected chi connectivity index (χ2v) is 9.23. The number of pyridine rings is 1. The number of fused-ring (bicyclic) bond motifs is 1. The van der Waals surface area contributed by atoms with Crippen molar-refractivity contribution in [2.45, 2.75) is 12.5 Å². The zero-order valence-electron chi connectivity index (χ0n) is 18.7. The van der Waals surface area contributed by atoms with E-state index in [0.29, 0.717) is 29.8 Å². The average Bonchev–Trinajstić information content (AvgIpc) is 3.27. The Morgan fingerprint density at radius 2 is 2.06 bits per heavy atom. The van der Waals surface area contributed by atoms with Crippen molar-refractivity contribution in [1.29, 1.82) is 0 Å². The first kappa shape index (κ1) is 22.3. The van der Waals surface area contributed by atoms with E-state index in [1.54, 1.807) is 25.3 Å². The Labute approximate surface area is 200 Å². The number of anilines is 1. The predicted octanol–water partition coefficient (Wildman–Crippen LogP) is 3.19. The molecule has 1 amide bonds. The number of hydrogen-bond acceptors (Lipinski definition) is 8. The number of nitrogens with zero attached hydrogens (tertiary/aromatic N) is 5. The number of halogens is 1. The lowest BCUT2D eigenvalue weighted by Gasteiger charge is -2.35. The average molecular weight is 479 g/mol. The summed E-state index contributed by atoms with van der Waals surface area (Å²) in [4.78, 5) is 32.8. The fourth-order valence-electron chi connectivity index (χ4n) is 4.39. The smallest absolute Gasteiger partial charge is 0.257 e. The number of benzene rings is 1. The van der Waals surface area contributed by atoms with Gasteiger partial charge < -0.3 is 15.0 Å². The topological polar surface area (TPSA) is 92.6 Å². The molecule has 34 heavy (non-hydrogen) atoms. The van der Waals surface area contributed by atoms with E-state index in [4.69, 9.17) is 9.73 Å². The van der Waals surface area contributed by atoms with Crippen molar-refractivity contribution in [3.05, 3.63) is 77.5 Å². The first-order chi connectivity index (χ1) is 16.5. The van der Waals surface area contributed by atoms with Gasteiger partial charge in [-0.15, -0.1) is 0 Å². The van der Waals surface area contributed by atoms with Crippen molar-refractivity contribution in [3.8, 4) is 5.88 Å². The van der Waals surface area contributed by atoms with Gasteiger partial charge in [-0.25, -0.2) is 9.98 Å². The van der Waals surface area contributed by atoms with Gasteiger partial charge in [-0.05, 0) is 25.1 Å². The van der Waals surface area contributed by atoms with E-state index in [9.17, 15) is 9.18 Å². The van der Waals surface area contributed by atoms with Crippen LogP contribution < -0.4 is 15.0 Å². The maximum Gasteiger partial charge on any atom is 0.257 e. The van der Waals surface area contributed by atoms with Gasteiger partial charge in [0.15, 0.2) is 5.17 Å². The molecule has 5 rings (SSSR count). The van der Waals surface area contributed by atoms with E-state index in [1.807, 2.05) is 41.4 Å². The van der Waals surface area contributed by atoms with Gasteiger partial charge in [0, 0.05) is 41.7 Å². The molecular weight excluding hydrogens is 455 g/mol. The summed E-state index contributed by atoms with van der Waals surface area (Å²) in [7, 11) is 1.39. The summed E-state index contributed by atoms with van der Waals surface area (Å²) in [5.74, 6) is 0.383. The fourth-order valence-corrected chi connectivity index (χ4v) is 5.53. The number of methoxy groups -OCH3 is 1. The van der Waals surface area contributed by atoms with Gasteiger partial charge in [-0.3, -0.25) is 9.78 Å². The molecule has 1 saturated heterocycles. The van der Waals surface area contributed by atoms with E-state index >= 15 is 0 Å². The molecule has 1 aromatic carbocycles. The Balaban J connectivity index is 1.51. The molecule has 1 fully saturated rings. The second-order valence-electron chi connectivity index (χ2n) is 8.22. The number of thioether (sulfide) groups is 1. The fraction of sp³-hybridized carbons (Fsp3) is 0.292. The van der Waals surface area contributed by atoms with Crippen LogP contribution in [-0.2, 0) is 5.54 Å². The van der Waals surface area contributed by atoms with Gasteiger partial charge in [0.05, 0.1) is 19.3 Å². The number of aromatic nitrogens is 3. The lowest BCUT2D eigenvalue weighted by Crippen LogP contribution is -2.42. The Hall–Kier alpha value is -3.53. The summed E-state index contributed by atoms with van der Waals surface area (Å²) < 4.78 is 19.4. The molecule has 174 valence electrons. The highest BCUT2D eigenvalue weighted by atomic mass is 32.2. The summed E-state index contributed by atoms with van der Waals surface area (Å²) in [6, 6.07) is 12.9. The van der Waals surface area contributed by atoms with Crippen LogP contribution in [0.3, 0.4) is 0 Å². The molecule has 0 bridgehead atoms. The third-order valence-electron chi connectivity index (χ3n) is 6.14. The first-order valence-electron chi connectivity index (χ1n) is 10.8. The number of carbonyl (C=O) groups excluding carboxylic acids is 1. The van der Waals surface area contributed by atoms with Gasteiger partial charge in [0.1, 0.15) is 5.54 Å². The van der Waals surface area contributed by atoms with Crippen LogP contribution in [0.4, 0.5) is 10.3 Å². The maximum absolute atomic E-state index is 14.3. The molecule has 2 aliphatic rings. The van der Waals surface area contributed by atoms with Gasteiger partial charge in [-0.1, -0.05) is 36.0 Å². The standard InChI is InChI=1S/C24H23FN6O2S/c1-15-19(25)21(33-2)29-22(27-15)31-12-18-13-34-23(28-20(32)16-7-4-3-5-8-16)30-24(18,14-31)17-9-6-10-26-11-17/h3-11,18H,12-14H2,1-2H3,(H,28,30,32)/t18-,24+/m0/s1. The second kappa shape index (κ2) is 9.02.